The van der Waals surface area contributed by atoms with E-state index in [9.17, 15) is 9.59 Å². The van der Waals surface area contributed by atoms with E-state index in [0.717, 1.165) is 28.2 Å². The maximum Gasteiger partial charge on any atom is 0.443 e. The molecule has 1 fully saturated rings. The highest BCUT2D eigenvalue weighted by Crippen LogP contribution is 2.44. The molecular formula is C26H23NO4. The van der Waals surface area contributed by atoms with Crippen molar-refractivity contribution in [3.8, 4) is 11.1 Å². The molecule has 3 aromatic carbocycles. The first-order valence-electron chi connectivity index (χ1n) is 10.6. The van der Waals surface area contributed by atoms with Crippen LogP contribution in [0.5, 0.6) is 0 Å². The molecule has 1 aliphatic carbocycles. The molecule has 156 valence electrons. The Morgan fingerprint density at radius 1 is 0.903 bits per heavy atom. The van der Waals surface area contributed by atoms with E-state index in [-0.39, 0.29) is 25.0 Å². The van der Waals surface area contributed by atoms with Gasteiger partial charge in [0.05, 0.1) is 12.5 Å². The van der Waals surface area contributed by atoms with Crippen LogP contribution < -0.4 is 0 Å². The van der Waals surface area contributed by atoms with Crippen LogP contribution in [0.4, 0.5) is 4.79 Å². The molecule has 0 spiro atoms. The summed E-state index contributed by atoms with van der Waals surface area (Å²) in [6.07, 6.45) is 0.984. The zero-order valence-electron chi connectivity index (χ0n) is 17.1. The van der Waals surface area contributed by atoms with Crippen molar-refractivity contribution in [1.29, 1.82) is 0 Å². The molecule has 0 N–H and O–H groups in total. The van der Waals surface area contributed by atoms with Crippen molar-refractivity contribution in [3.63, 3.8) is 0 Å². The summed E-state index contributed by atoms with van der Waals surface area (Å²) < 4.78 is 5.66. The van der Waals surface area contributed by atoms with Crippen molar-refractivity contribution in [2.75, 3.05) is 6.61 Å². The monoisotopic (exact) mass is 413 g/mol. The number of hydrogen-bond donors (Lipinski definition) is 0. The third kappa shape index (κ3) is 3.79. The molecule has 0 radical (unpaired) electrons. The molecule has 5 nitrogen and oxygen atoms in total. The van der Waals surface area contributed by atoms with Gasteiger partial charge in [-0.2, -0.15) is 0 Å². The van der Waals surface area contributed by atoms with E-state index in [1.165, 1.54) is 11.1 Å². The number of nitrogens with zero attached hydrogens (tertiary/aromatic N) is 1. The number of hydrogen-bond acceptors (Lipinski definition) is 4. The molecule has 1 heterocycles. The summed E-state index contributed by atoms with van der Waals surface area (Å²) in [6.45, 7) is 0.201. The lowest BCUT2D eigenvalue weighted by Gasteiger charge is -2.22. The first-order valence-corrected chi connectivity index (χ1v) is 10.6. The molecule has 0 unspecified atom stereocenters. The third-order valence-electron chi connectivity index (χ3n) is 6.06. The first kappa shape index (κ1) is 19.4. The Balaban J connectivity index is 1.27. The molecule has 1 saturated heterocycles. The summed E-state index contributed by atoms with van der Waals surface area (Å²) in [5, 5.41) is 1.12. The van der Waals surface area contributed by atoms with Gasteiger partial charge >= 0.3 is 12.1 Å². The second-order valence-corrected chi connectivity index (χ2v) is 7.98. The van der Waals surface area contributed by atoms with Crippen molar-refractivity contribution in [2.45, 2.75) is 31.2 Å². The summed E-state index contributed by atoms with van der Waals surface area (Å²) in [5.74, 6) is -0.427. The molecule has 0 aromatic heterocycles. The maximum atomic E-state index is 12.8. The van der Waals surface area contributed by atoms with Crippen molar-refractivity contribution in [2.24, 2.45) is 0 Å². The van der Waals surface area contributed by atoms with Gasteiger partial charge in [0.2, 0.25) is 0 Å². The van der Waals surface area contributed by atoms with Crippen LogP contribution in [0.3, 0.4) is 0 Å². The normalized spacial score (nSPS) is 17.2. The fourth-order valence-corrected chi connectivity index (χ4v) is 4.54. The van der Waals surface area contributed by atoms with Gasteiger partial charge in [0.15, 0.2) is 0 Å². The number of carbonyl (C=O) groups is 2. The van der Waals surface area contributed by atoms with E-state index >= 15 is 0 Å². The minimum atomic E-state index is -0.606. The van der Waals surface area contributed by atoms with Crippen LogP contribution in [0.25, 0.3) is 11.1 Å². The largest absolute Gasteiger partial charge is 0.446 e. The van der Waals surface area contributed by atoms with E-state index < -0.39 is 12.1 Å². The number of rotatable bonds is 5. The third-order valence-corrected chi connectivity index (χ3v) is 6.06. The number of hydroxylamine groups is 2. The van der Waals surface area contributed by atoms with Crippen LogP contribution in [0.1, 0.15) is 35.4 Å². The summed E-state index contributed by atoms with van der Waals surface area (Å²) in [6, 6.07) is 26.1. The van der Waals surface area contributed by atoms with Gasteiger partial charge in [0, 0.05) is 5.92 Å². The van der Waals surface area contributed by atoms with Crippen LogP contribution in [0.15, 0.2) is 78.9 Å². The average molecular weight is 413 g/mol. The Hall–Kier alpha value is -3.60. The number of amides is 1. The summed E-state index contributed by atoms with van der Waals surface area (Å²) in [7, 11) is 0. The quantitative estimate of drug-likeness (QED) is 0.584. The fraction of sp³-hybridized carbons (Fsp3) is 0.231. The molecule has 0 bridgehead atoms. The fourth-order valence-electron chi connectivity index (χ4n) is 4.54. The van der Waals surface area contributed by atoms with Crippen molar-refractivity contribution in [1.82, 2.24) is 5.06 Å². The topological polar surface area (TPSA) is 55.8 Å². The average Bonchev–Trinajstić information content (AvgIpc) is 3.34. The molecule has 31 heavy (non-hydrogen) atoms. The highest BCUT2D eigenvalue weighted by atomic mass is 16.8. The Kier molecular flexibility index (Phi) is 5.16. The van der Waals surface area contributed by atoms with Gasteiger partial charge in [-0.15, -0.1) is 5.06 Å². The molecule has 2 aliphatic rings. The second-order valence-electron chi connectivity index (χ2n) is 7.98. The second kappa shape index (κ2) is 8.26. The predicted octanol–water partition coefficient (Wildman–Crippen LogP) is 5.10. The lowest BCUT2D eigenvalue weighted by molar-refractivity contribution is -0.167. The number of carbonyl (C=O) groups excluding carboxylic acids is 2. The van der Waals surface area contributed by atoms with Gasteiger partial charge in [-0.1, -0.05) is 78.9 Å². The van der Waals surface area contributed by atoms with Gasteiger partial charge in [-0.05, 0) is 40.7 Å². The van der Waals surface area contributed by atoms with Gasteiger partial charge < -0.3 is 9.57 Å². The predicted molar refractivity (Wildman–Crippen MR) is 116 cm³/mol. The summed E-state index contributed by atoms with van der Waals surface area (Å²) >= 11 is 0. The minimum absolute atomic E-state index is 0.0302. The minimum Gasteiger partial charge on any atom is -0.446 e. The Bertz CT molecular complexity index is 1070. The van der Waals surface area contributed by atoms with E-state index in [1.807, 2.05) is 54.6 Å². The molecule has 5 rings (SSSR count). The zero-order valence-corrected chi connectivity index (χ0v) is 17.1. The van der Waals surface area contributed by atoms with Crippen LogP contribution >= 0.6 is 0 Å². The van der Waals surface area contributed by atoms with Gasteiger partial charge in [-0.25, -0.2) is 9.59 Å². The van der Waals surface area contributed by atoms with Crippen molar-refractivity contribution < 1.29 is 19.2 Å². The zero-order chi connectivity index (χ0) is 21.2. The number of fused-ring (bicyclic) bond motifs is 3. The lowest BCUT2D eigenvalue weighted by Crippen LogP contribution is -2.36. The van der Waals surface area contributed by atoms with Gasteiger partial charge in [0.25, 0.3) is 0 Å². The first-order chi connectivity index (χ1) is 15.2. The number of ether oxygens (including phenoxy) is 1. The van der Waals surface area contributed by atoms with Crippen LogP contribution in [0, 0.1) is 0 Å². The molecule has 1 aliphatic heterocycles. The maximum absolute atomic E-state index is 12.8. The molecule has 1 atom stereocenters. The highest BCUT2D eigenvalue weighted by molar-refractivity contribution is 5.80. The van der Waals surface area contributed by atoms with Crippen LogP contribution in [0.2, 0.25) is 0 Å². The molecule has 1 amide bonds. The number of aryl methyl sites for hydroxylation is 1. The summed E-state index contributed by atoms with van der Waals surface area (Å²) in [4.78, 5) is 29.9. The van der Waals surface area contributed by atoms with E-state index in [2.05, 4.69) is 24.3 Å². The molecular weight excluding hydrogens is 390 g/mol. The van der Waals surface area contributed by atoms with E-state index in [0.29, 0.717) is 6.42 Å². The molecule has 5 heteroatoms. The van der Waals surface area contributed by atoms with Crippen LogP contribution in [-0.4, -0.2) is 29.8 Å². The van der Waals surface area contributed by atoms with Crippen molar-refractivity contribution in [3.05, 3.63) is 95.6 Å². The summed E-state index contributed by atoms with van der Waals surface area (Å²) in [5.41, 5.74) is 5.81. The standard InChI is InChI=1S/C26H23NO4/c28-25-16-19(15-14-18-8-2-1-3-9-18)27(31-25)26(29)30-17-24-22-12-6-4-10-20(22)21-11-5-7-13-23(21)24/h1-13,19,24H,14-17H2/t19-/m1/s1. The van der Waals surface area contributed by atoms with Gasteiger partial charge in [0.1, 0.15) is 6.61 Å². The highest BCUT2D eigenvalue weighted by Gasteiger charge is 2.38. The van der Waals surface area contributed by atoms with Gasteiger partial charge in [-0.3, -0.25) is 0 Å². The van der Waals surface area contributed by atoms with Crippen LogP contribution in [-0.2, 0) is 20.8 Å². The Labute approximate surface area is 181 Å². The van der Waals surface area contributed by atoms with E-state index in [1.54, 1.807) is 0 Å². The Morgan fingerprint density at radius 3 is 2.19 bits per heavy atom. The SMILES string of the molecule is O=C1C[C@@H](CCc2ccccc2)N(C(=O)OCC2c3ccccc3-c3ccccc32)O1. The Morgan fingerprint density at radius 2 is 1.52 bits per heavy atom. The molecule has 0 saturated carbocycles. The lowest BCUT2D eigenvalue weighted by atomic mass is 9.98. The molecule has 3 aromatic rings. The van der Waals surface area contributed by atoms with Crippen molar-refractivity contribution >= 4 is 12.1 Å². The number of benzene rings is 3. The van der Waals surface area contributed by atoms with E-state index in [4.69, 9.17) is 9.57 Å². The smallest absolute Gasteiger partial charge is 0.443 e.